The highest BCUT2D eigenvalue weighted by Crippen LogP contribution is 2.40. The summed E-state index contributed by atoms with van der Waals surface area (Å²) in [6.07, 6.45) is 6.65. The number of pyridine rings is 1. The van der Waals surface area contributed by atoms with Crippen molar-refractivity contribution in [3.63, 3.8) is 0 Å². The van der Waals surface area contributed by atoms with E-state index in [2.05, 4.69) is 9.98 Å². The highest BCUT2D eigenvalue weighted by Gasteiger charge is 2.29. The zero-order valence-electron chi connectivity index (χ0n) is 17.4. The Kier molecular flexibility index (Phi) is 6.18. The van der Waals surface area contributed by atoms with Gasteiger partial charge in [0, 0.05) is 35.5 Å². The first kappa shape index (κ1) is 20.9. The lowest BCUT2D eigenvalue weighted by molar-refractivity contribution is 0.0497. The van der Waals surface area contributed by atoms with Crippen LogP contribution in [0.4, 0.5) is 11.7 Å². The molecule has 0 fully saturated rings. The molecule has 0 amide bonds. The maximum Gasteiger partial charge on any atom is 0.347 e. The molecule has 7 nitrogen and oxygen atoms in total. The van der Waals surface area contributed by atoms with Crippen molar-refractivity contribution in [2.24, 2.45) is 4.99 Å². The van der Waals surface area contributed by atoms with E-state index in [1.54, 1.807) is 34.7 Å². The fraction of sp³-hybridized carbons (Fsp3) is 0.261. The Morgan fingerprint density at radius 2 is 2.23 bits per heavy atom. The molecule has 1 N–H and O–H groups in total. The van der Waals surface area contributed by atoms with Gasteiger partial charge in [0.05, 0.1) is 13.2 Å². The molecule has 0 unspecified atom stereocenters. The van der Waals surface area contributed by atoms with Gasteiger partial charge in [-0.25, -0.2) is 14.8 Å². The summed E-state index contributed by atoms with van der Waals surface area (Å²) in [6.45, 7) is 2.84. The first-order valence-corrected chi connectivity index (χ1v) is 10.9. The molecule has 0 spiro atoms. The van der Waals surface area contributed by atoms with E-state index in [0.29, 0.717) is 12.4 Å². The summed E-state index contributed by atoms with van der Waals surface area (Å²) < 4.78 is 11.4. The van der Waals surface area contributed by atoms with E-state index in [0.717, 1.165) is 28.9 Å². The molecule has 4 heterocycles. The van der Waals surface area contributed by atoms with Crippen LogP contribution >= 0.6 is 11.3 Å². The summed E-state index contributed by atoms with van der Waals surface area (Å²) in [5.41, 5.74) is 1.60. The van der Waals surface area contributed by atoms with Crippen molar-refractivity contribution in [1.29, 1.82) is 0 Å². The molecular formula is C23H23N3O4S. The molecule has 1 aliphatic rings. The molecule has 3 aromatic rings. The average molecular weight is 438 g/mol. The standard InChI is InChI=1S/C23H23N3O4S/c1-3-4-10-29-23(28)19-20(27)18(12-15-13-25-21-17(15)8-5-9-24-21)30-22(19)26(2)14-16-7-6-11-31-16/h5-9,11-13,27H,3-4,10,14H2,1-2H3. The summed E-state index contributed by atoms with van der Waals surface area (Å²) in [7, 11) is 1.81. The van der Waals surface area contributed by atoms with Gasteiger partial charge in [-0.3, -0.25) is 0 Å². The van der Waals surface area contributed by atoms with E-state index in [9.17, 15) is 9.90 Å². The quantitative estimate of drug-likeness (QED) is 0.380. The molecule has 1 aliphatic heterocycles. The molecule has 0 aliphatic carbocycles. The molecule has 0 atom stereocenters. The highest BCUT2D eigenvalue weighted by molar-refractivity contribution is 7.09. The molecular weight excluding hydrogens is 414 g/mol. The van der Waals surface area contributed by atoms with Gasteiger partial charge in [0.15, 0.2) is 22.9 Å². The molecule has 0 radical (unpaired) electrons. The number of fused-ring (bicyclic) bond motifs is 1. The van der Waals surface area contributed by atoms with E-state index >= 15 is 0 Å². The number of thiophene rings is 1. The molecule has 31 heavy (non-hydrogen) atoms. The number of anilines is 1. The number of furan rings is 1. The summed E-state index contributed by atoms with van der Waals surface area (Å²) >= 11 is 1.61. The summed E-state index contributed by atoms with van der Waals surface area (Å²) in [5, 5.41) is 12.9. The van der Waals surface area contributed by atoms with E-state index < -0.39 is 5.97 Å². The minimum atomic E-state index is -0.602. The van der Waals surface area contributed by atoms with Crippen molar-refractivity contribution >= 4 is 46.9 Å². The number of carbonyl (C=O) groups is 1. The lowest BCUT2D eigenvalue weighted by Gasteiger charge is -2.16. The van der Waals surface area contributed by atoms with Crippen molar-refractivity contribution < 1.29 is 19.1 Å². The number of ether oxygens (including phenoxy) is 1. The van der Waals surface area contributed by atoms with Crippen LogP contribution in [0.3, 0.4) is 0 Å². The van der Waals surface area contributed by atoms with Crippen molar-refractivity contribution in [3.8, 4) is 5.75 Å². The Bertz CT molecular complexity index is 1130. The maximum atomic E-state index is 12.8. The molecule has 160 valence electrons. The van der Waals surface area contributed by atoms with Gasteiger partial charge in [0.1, 0.15) is 0 Å². The van der Waals surface area contributed by atoms with E-state index in [-0.39, 0.29) is 29.6 Å². The Labute approximate surface area is 184 Å². The van der Waals surface area contributed by atoms with Crippen LogP contribution in [0.1, 0.15) is 46.3 Å². The Morgan fingerprint density at radius 3 is 3.00 bits per heavy atom. The topological polar surface area (TPSA) is 88.2 Å². The summed E-state index contributed by atoms with van der Waals surface area (Å²) in [5.74, 6) is 0.200. The second-order valence-corrected chi connectivity index (χ2v) is 8.18. The van der Waals surface area contributed by atoms with Crippen LogP contribution in [0, 0.1) is 0 Å². The fourth-order valence-corrected chi connectivity index (χ4v) is 4.01. The smallest absolute Gasteiger partial charge is 0.347 e. The van der Waals surface area contributed by atoms with Crippen molar-refractivity contribution in [2.75, 3.05) is 18.6 Å². The largest absolute Gasteiger partial charge is 0.504 e. The predicted molar refractivity (Wildman–Crippen MR) is 122 cm³/mol. The Morgan fingerprint density at radius 1 is 1.35 bits per heavy atom. The number of nitrogens with zero attached hydrogens (tertiary/aromatic N) is 3. The zero-order chi connectivity index (χ0) is 21.8. The van der Waals surface area contributed by atoms with Crippen LogP contribution in [-0.2, 0) is 11.3 Å². The molecule has 4 rings (SSSR count). The number of aromatic hydroxyl groups is 1. The second kappa shape index (κ2) is 9.18. The highest BCUT2D eigenvalue weighted by atomic mass is 32.1. The molecule has 3 aromatic heterocycles. The van der Waals surface area contributed by atoms with E-state index in [4.69, 9.17) is 9.15 Å². The van der Waals surface area contributed by atoms with Crippen LogP contribution in [0.2, 0.25) is 0 Å². The normalized spacial score (nSPS) is 13.5. The third-order valence-electron chi connectivity index (χ3n) is 4.86. The van der Waals surface area contributed by atoms with Crippen LogP contribution in [0.5, 0.6) is 5.75 Å². The van der Waals surface area contributed by atoms with Gasteiger partial charge in [-0.2, -0.15) is 0 Å². The molecule has 0 saturated heterocycles. The van der Waals surface area contributed by atoms with Crippen LogP contribution in [0.25, 0.3) is 11.6 Å². The van der Waals surface area contributed by atoms with Gasteiger partial charge in [0.2, 0.25) is 5.88 Å². The minimum Gasteiger partial charge on any atom is -0.504 e. The monoisotopic (exact) mass is 437 g/mol. The van der Waals surface area contributed by atoms with Gasteiger partial charge in [-0.05, 0) is 36.1 Å². The number of rotatable bonds is 8. The SMILES string of the molecule is CCCCOC(=O)c1c(N(C)Cc2cccs2)oc(C=C2C=Nc3ncccc32)c1O. The first-order valence-electron chi connectivity index (χ1n) is 10.1. The molecule has 0 bridgehead atoms. The van der Waals surface area contributed by atoms with Gasteiger partial charge in [-0.1, -0.05) is 19.4 Å². The number of aliphatic imine (C=N–C) groups is 1. The second-order valence-electron chi connectivity index (χ2n) is 7.15. The van der Waals surface area contributed by atoms with Gasteiger partial charge < -0.3 is 19.2 Å². The number of allylic oxidation sites excluding steroid dienone is 1. The van der Waals surface area contributed by atoms with Crippen molar-refractivity contribution in [2.45, 2.75) is 26.3 Å². The van der Waals surface area contributed by atoms with Crippen LogP contribution < -0.4 is 4.90 Å². The number of carbonyl (C=O) groups excluding carboxylic acids is 1. The number of hydrogen-bond donors (Lipinski definition) is 1. The Hall–Kier alpha value is -3.39. The number of esters is 1. The summed E-state index contributed by atoms with van der Waals surface area (Å²) in [6, 6.07) is 7.68. The van der Waals surface area contributed by atoms with E-state index in [1.807, 2.05) is 43.6 Å². The van der Waals surface area contributed by atoms with Gasteiger partial charge in [0.25, 0.3) is 0 Å². The lowest BCUT2D eigenvalue weighted by atomic mass is 10.1. The molecule has 0 saturated carbocycles. The summed E-state index contributed by atoms with van der Waals surface area (Å²) in [4.78, 5) is 24.2. The molecule has 0 aromatic carbocycles. The van der Waals surface area contributed by atoms with Gasteiger partial charge in [-0.15, -0.1) is 11.3 Å². The number of aromatic nitrogens is 1. The van der Waals surface area contributed by atoms with E-state index in [1.165, 1.54) is 0 Å². The lowest BCUT2D eigenvalue weighted by Crippen LogP contribution is -2.18. The minimum absolute atomic E-state index is 0.0309. The maximum absolute atomic E-state index is 12.8. The Balaban J connectivity index is 1.70. The van der Waals surface area contributed by atoms with Crippen molar-refractivity contribution in [3.05, 3.63) is 57.6 Å². The number of unbranched alkanes of at least 4 members (excludes halogenated alkanes) is 1. The third-order valence-corrected chi connectivity index (χ3v) is 5.72. The van der Waals surface area contributed by atoms with Gasteiger partial charge >= 0.3 is 5.97 Å². The first-order chi connectivity index (χ1) is 15.1. The predicted octanol–water partition coefficient (Wildman–Crippen LogP) is 5.29. The molecule has 8 heteroatoms. The number of hydrogen-bond acceptors (Lipinski definition) is 8. The van der Waals surface area contributed by atoms with Crippen molar-refractivity contribution in [1.82, 2.24) is 4.98 Å². The third kappa shape index (κ3) is 4.39. The fourth-order valence-electron chi connectivity index (χ4n) is 3.25. The van der Waals surface area contributed by atoms with Crippen LogP contribution in [0.15, 0.2) is 45.3 Å². The zero-order valence-corrected chi connectivity index (χ0v) is 18.2. The average Bonchev–Trinajstić information content (AvgIpc) is 3.49. The van der Waals surface area contributed by atoms with Crippen LogP contribution in [-0.4, -0.2) is 35.9 Å².